The summed E-state index contributed by atoms with van der Waals surface area (Å²) in [6.07, 6.45) is 2.59. The predicted molar refractivity (Wildman–Crippen MR) is 61.2 cm³/mol. The van der Waals surface area contributed by atoms with Gasteiger partial charge in [0.1, 0.15) is 0 Å². The van der Waals surface area contributed by atoms with Gasteiger partial charge < -0.3 is 5.11 Å². The molecule has 0 saturated heterocycles. The molecule has 16 heavy (non-hydrogen) atoms. The molecule has 6 heteroatoms. The average Bonchev–Trinajstić information content (AvgIpc) is 2.28. The van der Waals surface area contributed by atoms with E-state index in [9.17, 15) is 8.42 Å². The molecular formula is C10H16N2O3S. The smallest absolute Gasteiger partial charge is 0.211 e. The van der Waals surface area contributed by atoms with E-state index in [0.717, 1.165) is 0 Å². The van der Waals surface area contributed by atoms with E-state index in [-0.39, 0.29) is 18.9 Å². The maximum absolute atomic E-state index is 11.5. The summed E-state index contributed by atoms with van der Waals surface area (Å²) < 4.78 is 25.4. The molecule has 0 aromatic carbocycles. The summed E-state index contributed by atoms with van der Waals surface area (Å²) in [6.45, 7) is 0.234. The van der Waals surface area contributed by atoms with E-state index in [0.29, 0.717) is 18.5 Å². The molecule has 0 fully saturated rings. The highest BCUT2D eigenvalue weighted by Gasteiger charge is 2.09. The van der Waals surface area contributed by atoms with Crippen molar-refractivity contribution < 1.29 is 13.5 Å². The van der Waals surface area contributed by atoms with E-state index in [1.54, 1.807) is 18.3 Å². The van der Waals surface area contributed by atoms with Gasteiger partial charge in [0.05, 0.1) is 18.0 Å². The Morgan fingerprint density at radius 3 is 2.75 bits per heavy atom. The first-order chi connectivity index (χ1) is 7.64. The number of nitrogens with zero attached hydrogens (tertiary/aromatic N) is 1. The van der Waals surface area contributed by atoms with E-state index >= 15 is 0 Å². The lowest BCUT2D eigenvalue weighted by Crippen LogP contribution is -2.26. The molecule has 0 bridgehead atoms. The molecule has 0 atom stereocenters. The Balaban J connectivity index is 2.36. The van der Waals surface area contributed by atoms with Crippen molar-refractivity contribution in [2.45, 2.75) is 19.4 Å². The minimum atomic E-state index is -3.25. The lowest BCUT2D eigenvalue weighted by molar-refractivity contribution is 0.287. The van der Waals surface area contributed by atoms with Gasteiger partial charge in [0, 0.05) is 12.8 Å². The van der Waals surface area contributed by atoms with Crippen LogP contribution in [0.1, 0.15) is 18.5 Å². The third-order valence-electron chi connectivity index (χ3n) is 2.02. The number of rotatable bonds is 7. The van der Waals surface area contributed by atoms with Crippen molar-refractivity contribution in [1.29, 1.82) is 0 Å². The minimum absolute atomic E-state index is 0.0236. The van der Waals surface area contributed by atoms with Crippen LogP contribution in [0.4, 0.5) is 0 Å². The van der Waals surface area contributed by atoms with Crippen LogP contribution in [0.5, 0.6) is 0 Å². The molecule has 2 N–H and O–H groups in total. The summed E-state index contributed by atoms with van der Waals surface area (Å²) in [6, 6.07) is 5.35. The monoisotopic (exact) mass is 244 g/mol. The first kappa shape index (κ1) is 13.1. The normalized spacial score (nSPS) is 11.6. The van der Waals surface area contributed by atoms with E-state index in [1.807, 2.05) is 6.07 Å². The number of nitrogens with one attached hydrogen (secondary N) is 1. The number of unbranched alkanes of at least 4 members (excludes halogenated alkanes) is 1. The molecule has 5 nitrogen and oxygen atoms in total. The van der Waals surface area contributed by atoms with Crippen molar-refractivity contribution in [3.63, 3.8) is 0 Å². The van der Waals surface area contributed by atoms with Gasteiger partial charge in [-0.3, -0.25) is 4.98 Å². The topological polar surface area (TPSA) is 79.3 Å². The van der Waals surface area contributed by atoms with Gasteiger partial charge in [-0.25, -0.2) is 13.1 Å². The van der Waals surface area contributed by atoms with Crippen molar-refractivity contribution in [2.75, 3.05) is 12.4 Å². The quantitative estimate of drug-likeness (QED) is 0.675. The molecule has 0 amide bonds. The lowest BCUT2D eigenvalue weighted by atomic mass is 10.4. The Labute approximate surface area is 95.6 Å². The zero-order valence-corrected chi connectivity index (χ0v) is 9.78. The Kier molecular flexibility index (Phi) is 5.37. The summed E-state index contributed by atoms with van der Waals surface area (Å²) in [5.74, 6) is 0.0421. The number of aliphatic hydroxyl groups is 1. The van der Waals surface area contributed by atoms with Crippen LogP contribution >= 0.6 is 0 Å². The second-order valence-corrected chi connectivity index (χ2v) is 5.32. The van der Waals surface area contributed by atoms with Crippen LogP contribution in [-0.4, -0.2) is 30.9 Å². The molecule has 0 aliphatic rings. The zero-order valence-electron chi connectivity index (χ0n) is 8.96. The molecule has 0 saturated carbocycles. The highest BCUT2D eigenvalue weighted by Crippen LogP contribution is 1.97. The molecule has 0 aliphatic carbocycles. The highest BCUT2D eigenvalue weighted by molar-refractivity contribution is 7.89. The first-order valence-corrected chi connectivity index (χ1v) is 6.77. The average molecular weight is 244 g/mol. The number of aromatic nitrogens is 1. The van der Waals surface area contributed by atoms with Gasteiger partial charge in [0.25, 0.3) is 0 Å². The number of pyridine rings is 1. The van der Waals surface area contributed by atoms with Crippen LogP contribution in [0.25, 0.3) is 0 Å². The van der Waals surface area contributed by atoms with Crippen LogP contribution in [0.3, 0.4) is 0 Å². The molecular weight excluding hydrogens is 228 g/mol. The van der Waals surface area contributed by atoms with Crippen LogP contribution in [-0.2, 0) is 16.6 Å². The number of sulfonamides is 1. The van der Waals surface area contributed by atoms with Gasteiger partial charge in [-0.1, -0.05) is 6.07 Å². The van der Waals surface area contributed by atoms with Crippen molar-refractivity contribution in [2.24, 2.45) is 0 Å². The molecule has 0 aliphatic heterocycles. The van der Waals surface area contributed by atoms with Crippen LogP contribution < -0.4 is 4.72 Å². The fraction of sp³-hybridized carbons (Fsp3) is 0.500. The Bertz CT molecular complexity index is 392. The Morgan fingerprint density at radius 1 is 1.31 bits per heavy atom. The van der Waals surface area contributed by atoms with E-state index in [2.05, 4.69) is 9.71 Å². The fourth-order valence-electron chi connectivity index (χ4n) is 1.16. The maximum Gasteiger partial charge on any atom is 0.211 e. The third kappa shape index (κ3) is 5.20. The summed E-state index contributed by atoms with van der Waals surface area (Å²) in [4.78, 5) is 4.01. The van der Waals surface area contributed by atoms with E-state index in [1.165, 1.54) is 0 Å². The third-order valence-corrected chi connectivity index (χ3v) is 3.43. The zero-order chi connectivity index (χ0) is 11.9. The van der Waals surface area contributed by atoms with Gasteiger partial charge in [-0.2, -0.15) is 0 Å². The van der Waals surface area contributed by atoms with Gasteiger partial charge >= 0.3 is 0 Å². The standard InChI is InChI=1S/C10H16N2O3S/c13-7-3-4-8-16(14,15)12-9-10-5-1-2-6-11-10/h1-2,5-6,12-13H,3-4,7-9H2. The Morgan fingerprint density at radius 2 is 2.12 bits per heavy atom. The van der Waals surface area contributed by atoms with Crippen LogP contribution in [0.2, 0.25) is 0 Å². The van der Waals surface area contributed by atoms with Gasteiger partial charge in [-0.05, 0) is 25.0 Å². The fourth-order valence-corrected chi connectivity index (χ4v) is 2.26. The predicted octanol–water partition coefficient (Wildman–Crippen LogP) is 0.273. The summed E-state index contributed by atoms with van der Waals surface area (Å²) in [5.41, 5.74) is 0.688. The number of hydrogen-bond donors (Lipinski definition) is 2. The van der Waals surface area contributed by atoms with Crippen molar-refractivity contribution in [3.8, 4) is 0 Å². The van der Waals surface area contributed by atoms with Crippen molar-refractivity contribution in [3.05, 3.63) is 30.1 Å². The molecule has 0 radical (unpaired) electrons. The molecule has 0 unspecified atom stereocenters. The molecule has 0 spiro atoms. The molecule has 1 aromatic rings. The van der Waals surface area contributed by atoms with Crippen molar-refractivity contribution in [1.82, 2.24) is 9.71 Å². The van der Waals surface area contributed by atoms with E-state index < -0.39 is 10.0 Å². The Hall–Kier alpha value is -0.980. The lowest BCUT2D eigenvalue weighted by Gasteiger charge is -2.05. The second-order valence-electron chi connectivity index (χ2n) is 3.39. The SMILES string of the molecule is O=S(=O)(CCCCO)NCc1ccccn1. The van der Waals surface area contributed by atoms with E-state index in [4.69, 9.17) is 5.11 Å². The van der Waals surface area contributed by atoms with Crippen molar-refractivity contribution >= 4 is 10.0 Å². The largest absolute Gasteiger partial charge is 0.396 e. The van der Waals surface area contributed by atoms with Gasteiger partial charge in [0.15, 0.2) is 0 Å². The first-order valence-electron chi connectivity index (χ1n) is 5.12. The number of aliphatic hydroxyl groups excluding tert-OH is 1. The second kappa shape index (κ2) is 6.57. The van der Waals surface area contributed by atoms with Crippen LogP contribution in [0.15, 0.2) is 24.4 Å². The molecule has 1 heterocycles. The molecule has 90 valence electrons. The van der Waals surface area contributed by atoms with Gasteiger partial charge in [0.2, 0.25) is 10.0 Å². The minimum Gasteiger partial charge on any atom is -0.396 e. The maximum atomic E-state index is 11.5. The molecule has 1 aromatic heterocycles. The van der Waals surface area contributed by atoms with Gasteiger partial charge in [-0.15, -0.1) is 0 Å². The molecule has 1 rings (SSSR count). The highest BCUT2D eigenvalue weighted by atomic mass is 32.2. The summed E-state index contributed by atoms with van der Waals surface area (Å²) in [7, 11) is -3.25. The summed E-state index contributed by atoms with van der Waals surface area (Å²) in [5, 5.41) is 8.55. The summed E-state index contributed by atoms with van der Waals surface area (Å²) >= 11 is 0. The number of hydrogen-bond acceptors (Lipinski definition) is 4. The van der Waals surface area contributed by atoms with Crippen LogP contribution in [0, 0.1) is 0 Å².